The van der Waals surface area contributed by atoms with Crippen molar-refractivity contribution in [3.8, 4) is 0 Å². The maximum absolute atomic E-state index is 10.8. The summed E-state index contributed by atoms with van der Waals surface area (Å²) < 4.78 is 4.87. The smallest absolute Gasteiger partial charge is 0.428 e. The molecular weight excluding hydrogens is 218 g/mol. The van der Waals surface area contributed by atoms with Crippen molar-refractivity contribution in [2.75, 3.05) is 6.61 Å². The molecule has 0 radical (unpaired) electrons. The highest BCUT2D eigenvalue weighted by molar-refractivity contribution is 6.05. The van der Waals surface area contributed by atoms with Gasteiger partial charge in [-0.15, -0.1) is 0 Å². The number of hydrazone groups is 1. The number of aromatic amines is 1. The fourth-order valence-electron chi connectivity index (χ4n) is 1.92. The molecule has 0 atom stereocenters. The number of H-pyrrole nitrogens is 1. The van der Waals surface area contributed by atoms with E-state index in [1.54, 1.807) is 0 Å². The van der Waals surface area contributed by atoms with E-state index in [0.29, 0.717) is 0 Å². The summed E-state index contributed by atoms with van der Waals surface area (Å²) >= 11 is 0. The van der Waals surface area contributed by atoms with E-state index < -0.39 is 6.09 Å². The fraction of sp³-hybridized carbons (Fsp3) is 0.167. The molecule has 0 spiro atoms. The molecule has 2 heterocycles. The minimum absolute atomic E-state index is 0.209. The quantitative estimate of drug-likeness (QED) is 0.784. The van der Waals surface area contributed by atoms with Gasteiger partial charge in [-0.2, -0.15) is 5.10 Å². The van der Waals surface area contributed by atoms with Gasteiger partial charge in [-0.25, -0.2) is 10.2 Å². The number of hydrogen-bond acceptors (Lipinski definition) is 3. The number of ether oxygens (including phenoxy) is 1. The number of cyclic esters (lactones) is 1. The maximum Gasteiger partial charge on any atom is 0.428 e. The Labute approximate surface area is 97.5 Å². The molecule has 2 aromatic rings. The lowest BCUT2D eigenvalue weighted by Gasteiger charge is -2.12. The van der Waals surface area contributed by atoms with Crippen molar-refractivity contribution in [2.45, 2.75) is 6.92 Å². The summed E-state index contributed by atoms with van der Waals surface area (Å²) in [5.74, 6) is 0. The van der Waals surface area contributed by atoms with Crippen LogP contribution in [0, 0.1) is 6.92 Å². The molecule has 5 nitrogen and oxygen atoms in total. The van der Waals surface area contributed by atoms with Gasteiger partial charge >= 0.3 is 6.09 Å². The SMILES string of the molecule is Cc1cc2cc(C3=NNC(=O)OC3)ccc2[nH]1. The molecule has 86 valence electrons. The van der Waals surface area contributed by atoms with Gasteiger partial charge in [0, 0.05) is 22.2 Å². The van der Waals surface area contributed by atoms with Gasteiger partial charge < -0.3 is 9.72 Å². The van der Waals surface area contributed by atoms with Crippen LogP contribution in [0.5, 0.6) is 0 Å². The third kappa shape index (κ3) is 1.75. The lowest BCUT2D eigenvalue weighted by molar-refractivity contribution is 0.157. The van der Waals surface area contributed by atoms with Gasteiger partial charge in [0.25, 0.3) is 0 Å². The van der Waals surface area contributed by atoms with Gasteiger partial charge in [-0.05, 0) is 25.1 Å². The molecule has 0 saturated heterocycles. The highest BCUT2D eigenvalue weighted by Gasteiger charge is 2.14. The molecule has 0 fully saturated rings. The summed E-state index contributed by atoms with van der Waals surface area (Å²) in [6.07, 6.45) is -0.507. The number of rotatable bonds is 1. The first-order chi connectivity index (χ1) is 8.22. The van der Waals surface area contributed by atoms with Gasteiger partial charge in [0.05, 0.1) is 0 Å². The van der Waals surface area contributed by atoms with E-state index in [-0.39, 0.29) is 6.61 Å². The molecule has 17 heavy (non-hydrogen) atoms. The Balaban J connectivity index is 2.03. The number of aryl methyl sites for hydroxylation is 1. The Morgan fingerprint density at radius 2 is 2.24 bits per heavy atom. The van der Waals surface area contributed by atoms with Crippen molar-refractivity contribution in [2.24, 2.45) is 5.10 Å². The number of nitrogens with zero attached hydrogens (tertiary/aromatic N) is 1. The fourth-order valence-corrected chi connectivity index (χ4v) is 1.92. The molecule has 2 N–H and O–H groups in total. The molecule has 1 aromatic heterocycles. The van der Waals surface area contributed by atoms with Crippen LogP contribution in [0.1, 0.15) is 11.3 Å². The number of nitrogens with one attached hydrogen (secondary N) is 2. The van der Waals surface area contributed by atoms with Crippen molar-refractivity contribution in [3.63, 3.8) is 0 Å². The molecule has 0 aliphatic carbocycles. The van der Waals surface area contributed by atoms with Gasteiger partial charge in [0.2, 0.25) is 0 Å². The molecule has 1 aliphatic heterocycles. The van der Waals surface area contributed by atoms with Crippen molar-refractivity contribution in [1.29, 1.82) is 0 Å². The van der Waals surface area contributed by atoms with Crippen LogP contribution in [0.3, 0.4) is 0 Å². The van der Waals surface area contributed by atoms with Crippen molar-refractivity contribution in [3.05, 3.63) is 35.5 Å². The predicted octanol–water partition coefficient (Wildman–Crippen LogP) is 1.92. The first-order valence-corrected chi connectivity index (χ1v) is 5.31. The van der Waals surface area contributed by atoms with Crippen LogP contribution >= 0.6 is 0 Å². The molecule has 0 bridgehead atoms. The second-order valence-corrected chi connectivity index (χ2v) is 4.00. The third-order valence-corrected chi connectivity index (χ3v) is 2.71. The van der Waals surface area contributed by atoms with E-state index in [1.807, 2.05) is 25.1 Å². The summed E-state index contributed by atoms with van der Waals surface area (Å²) in [6.45, 7) is 2.22. The standard InChI is InChI=1S/C12H11N3O2/c1-7-4-9-5-8(2-3-10(9)13-7)11-6-17-12(16)15-14-11/h2-5,13H,6H2,1H3,(H,15,16). The maximum atomic E-state index is 10.8. The van der Waals surface area contributed by atoms with Gasteiger partial charge in [-0.1, -0.05) is 6.07 Å². The van der Waals surface area contributed by atoms with Crippen molar-refractivity contribution < 1.29 is 9.53 Å². The van der Waals surface area contributed by atoms with Crippen LogP contribution in [0.4, 0.5) is 4.79 Å². The monoisotopic (exact) mass is 229 g/mol. The van der Waals surface area contributed by atoms with E-state index in [1.165, 1.54) is 0 Å². The van der Waals surface area contributed by atoms with Crippen molar-refractivity contribution >= 4 is 22.7 Å². The summed E-state index contributed by atoms with van der Waals surface area (Å²) in [5, 5.41) is 5.10. The lowest BCUT2D eigenvalue weighted by Crippen LogP contribution is -2.30. The highest BCUT2D eigenvalue weighted by atomic mass is 16.6. The summed E-state index contributed by atoms with van der Waals surface area (Å²) in [4.78, 5) is 14.1. The minimum Gasteiger partial charge on any atom is -0.442 e. The Morgan fingerprint density at radius 1 is 1.35 bits per heavy atom. The lowest BCUT2D eigenvalue weighted by atomic mass is 10.1. The molecule has 5 heteroatoms. The zero-order valence-electron chi connectivity index (χ0n) is 9.28. The average Bonchev–Trinajstić information content (AvgIpc) is 2.69. The van der Waals surface area contributed by atoms with Crippen LogP contribution in [0.15, 0.2) is 29.4 Å². The van der Waals surface area contributed by atoms with E-state index in [0.717, 1.165) is 27.9 Å². The van der Waals surface area contributed by atoms with Gasteiger partial charge in [0.15, 0.2) is 0 Å². The number of hydrogen-bond donors (Lipinski definition) is 2. The molecule has 1 aliphatic rings. The number of aromatic nitrogens is 1. The topological polar surface area (TPSA) is 66.5 Å². The molecule has 0 saturated carbocycles. The van der Waals surface area contributed by atoms with Crippen LogP contribution in [0.25, 0.3) is 10.9 Å². The second-order valence-electron chi connectivity index (χ2n) is 4.00. The molecule has 1 amide bonds. The summed E-state index contributed by atoms with van der Waals surface area (Å²) in [6, 6.07) is 8.05. The van der Waals surface area contributed by atoms with Gasteiger partial charge in [0.1, 0.15) is 12.3 Å². The Bertz CT molecular complexity index is 628. The van der Waals surface area contributed by atoms with Crippen LogP contribution in [-0.4, -0.2) is 23.4 Å². The minimum atomic E-state index is -0.507. The summed E-state index contributed by atoms with van der Waals surface area (Å²) in [7, 11) is 0. The normalized spacial score (nSPS) is 15.4. The number of benzene rings is 1. The predicted molar refractivity (Wildman–Crippen MR) is 64.1 cm³/mol. The second kappa shape index (κ2) is 3.62. The Morgan fingerprint density at radius 3 is 3.00 bits per heavy atom. The first kappa shape index (κ1) is 9.89. The Kier molecular flexibility index (Phi) is 2.11. The van der Waals surface area contributed by atoms with Crippen LogP contribution in [0.2, 0.25) is 0 Å². The molecule has 3 rings (SSSR count). The van der Waals surface area contributed by atoms with E-state index in [9.17, 15) is 4.79 Å². The zero-order chi connectivity index (χ0) is 11.8. The van der Waals surface area contributed by atoms with Crippen molar-refractivity contribution in [1.82, 2.24) is 10.4 Å². The molecular formula is C12H11N3O2. The first-order valence-electron chi connectivity index (χ1n) is 5.31. The average molecular weight is 229 g/mol. The highest BCUT2D eigenvalue weighted by Crippen LogP contribution is 2.17. The van der Waals surface area contributed by atoms with Crippen LogP contribution < -0.4 is 5.43 Å². The molecule has 0 unspecified atom stereocenters. The molecule has 1 aromatic carbocycles. The van der Waals surface area contributed by atoms with E-state index >= 15 is 0 Å². The van der Waals surface area contributed by atoms with Gasteiger partial charge in [-0.3, -0.25) is 0 Å². The largest absolute Gasteiger partial charge is 0.442 e. The summed E-state index contributed by atoms with van der Waals surface area (Å²) in [5.41, 5.74) is 6.19. The number of carbonyl (C=O) groups is 1. The number of fused-ring (bicyclic) bond motifs is 1. The third-order valence-electron chi connectivity index (χ3n) is 2.71. The number of amides is 1. The number of carbonyl (C=O) groups excluding carboxylic acids is 1. The zero-order valence-corrected chi connectivity index (χ0v) is 9.28. The Hall–Kier alpha value is -2.30. The van der Waals surface area contributed by atoms with Crippen LogP contribution in [-0.2, 0) is 4.74 Å². The van der Waals surface area contributed by atoms with E-state index in [4.69, 9.17) is 4.74 Å². The van der Waals surface area contributed by atoms with E-state index in [2.05, 4.69) is 21.6 Å².